The molecule has 3 rings (SSSR count). The van der Waals surface area contributed by atoms with Gasteiger partial charge in [-0.05, 0) is 54.3 Å². The summed E-state index contributed by atoms with van der Waals surface area (Å²) in [7, 11) is 1.63. The van der Waals surface area contributed by atoms with Crippen molar-refractivity contribution in [3.63, 3.8) is 0 Å². The molecule has 1 aromatic heterocycles. The predicted octanol–water partition coefficient (Wildman–Crippen LogP) is 3.86. The lowest BCUT2D eigenvalue weighted by molar-refractivity contribution is 0.0954. The number of anilines is 1. The monoisotopic (exact) mass is 393 g/mol. The van der Waals surface area contributed by atoms with Gasteiger partial charge in [0.05, 0.1) is 12.7 Å². The van der Waals surface area contributed by atoms with Gasteiger partial charge in [0.2, 0.25) is 0 Å². The Balaban J connectivity index is 1.42. The summed E-state index contributed by atoms with van der Waals surface area (Å²) < 4.78 is 18.7. The first kappa shape index (κ1) is 20.3. The molecule has 150 valence electrons. The number of nitrogens with zero attached hydrogens (tertiary/aromatic N) is 1. The zero-order valence-electron chi connectivity index (χ0n) is 16.3. The van der Waals surface area contributed by atoms with E-state index in [9.17, 15) is 9.18 Å². The highest BCUT2D eigenvalue weighted by atomic mass is 19.1. The summed E-state index contributed by atoms with van der Waals surface area (Å²) in [5, 5.41) is 6.03. The van der Waals surface area contributed by atoms with E-state index >= 15 is 0 Å². The highest BCUT2D eigenvalue weighted by Gasteiger charge is 2.06. The van der Waals surface area contributed by atoms with E-state index in [0.29, 0.717) is 36.5 Å². The van der Waals surface area contributed by atoms with Crippen molar-refractivity contribution in [1.29, 1.82) is 0 Å². The lowest BCUT2D eigenvalue weighted by Gasteiger charge is -2.08. The number of rotatable bonds is 9. The molecule has 0 aliphatic rings. The summed E-state index contributed by atoms with van der Waals surface area (Å²) in [6.07, 6.45) is 2.83. The van der Waals surface area contributed by atoms with Crippen LogP contribution in [0.2, 0.25) is 0 Å². The van der Waals surface area contributed by atoms with E-state index in [4.69, 9.17) is 4.74 Å². The zero-order chi connectivity index (χ0) is 20.5. The molecule has 3 aromatic rings. The van der Waals surface area contributed by atoms with Crippen molar-refractivity contribution in [3.05, 3.63) is 89.4 Å². The highest BCUT2D eigenvalue weighted by molar-refractivity contribution is 5.94. The molecule has 2 N–H and O–H groups in total. The Morgan fingerprint density at radius 3 is 2.48 bits per heavy atom. The Bertz CT molecular complexity index is 928. The SMILES string of the molecule is COc1ccc(CCNC(=O)c2ccc(NCCc3ccccc3F)nc2)cc1. The van der Waals surface area contributed by atoms with Crippen LogP contribution in [0.15, 0.2) is 66.9 Å². The number of amides is 1. The summed E-state index contributed by atoms with van der Waals surface area (Å²) in [5.74, 6) is 1.09. The molecule has 0 bridgehead atoms. The second-order valence-corrected chi connectivity index (χ2v) is 6.55. The van der Waals surface area contributed by atoms with E-state index in [2.05, 4.69) is 15.6 Å². The van der Waals surface area contributed by atoms with Crippen LogP contribution in [-0.2, 0) is 12.8 Å². The number of carbonyl (C=O) groups excluding carboxylic acids is 1. The molecule has 0 aliphatic carbocycles. The molecule has 2 aromatic carbocycles. The number of carbonyl (C=O) groups is 1. The number of ether oxygens (including phenoxy) is 1. The van der Waals surface area contributed by atoms with E-state index < -0.39 is 0 Å². The smallest absolute Gasteiger partial charge is 0.252 e. The number of pyridine rings is 1. The molecule has 1 heterocycles. The normalized spacial score (nSPS) is 10.4. The van der Waals surface area contributed by atoms with Gasteiger partial charge in [-0.15, -0.1) is 0 Å². The molecule has 5 nitrogen and oxygen atoms in total. The molecular formula is C23H24FN3O2. The summed E-state index contributed by atoms with van der Waals surface area (Å²) in [4.78, 5) is 16.5. The molecule has 0 radical (unpaired) electrons. The Morgan fingerprint density at radius 1 is 1.00 bits per heavy atom. The quantitative estimate of drug-likeness (QED) is 0.580. The van der Waals surface area contributed by atoms with Crippen LogP contribution in [0.5, 0.6) is 5.75 Å². The third-order valence-corrected chi connectivity index (χ3v) is 4.54. The summed E-state index contributed by atoms with van der Waals surface area (Å²) in [5.41, 5.74) is 2.28. The van der Waals surface area contributed by atoms with Crippen molar-refractivity contribution in [1.82, 2.24) is 10.3 Å². The van der Waals surface area contributed by atoms with Gasteiger partial charge in [0.25, 0.3) is 5.91 Å². The number of methoxy groups -OCH3 is 1. The molecule has 0 unspecified atom stereocenters. The fourth-order valence-corrected chi connectivity index (χ4v) is 2.87. The number of hydrogen-bond donors (Lipinski definition) is 2. The van der Waals surface area contributed by atoms with Crippen molar-refractivity contribution in [2.24, 2.45) is 0 Å². The van der Waals surface area contributed by atoms with Crippen LogP contribution in [0, 0.1) is 5.82 Å². The third-order valence-electron chi connectivity index (χ3n) is 4.54. The molecule has 0 fully saturated rings. The lowest BCUT2D eigenvalue weighted by atomic mass is 10.1. The van der Waals surface area contributed by atoms with Gasteiger partial charge in [-0.25, -0.2) is 9.37 Å². The first-order valence-corrected chi connectivity index (χ1v) is 9.50. The summed E-state index contributed by atoms with van der Waals surface area (Å²) in [6, 6.07) is 18.0. The summed E-state index contributed by atoms with van der Waals surface area (Å²) >= 11 is 0. The average Bonchev–Trinajstić information content (AvgIpc) is 2.76. The fourth-order valence-electron chi connectivity index (χ4n) is 2.87. The van der Waals surface area contributed by atoms with Crippen molar-refractivity contribution in [2.45, 2.75) is 12.8 Å². The number of nitrogens with one attached hydrogen (secondary N) is 2. The van der Waals surface area contributed by atoms with Crippen molar-refractivity contribution < 1.29 is 13.9 Å². The van der Waals surface area contributed by atoms with Gasteiger partial charge in [-0.3, -0.25) is 4.79 Å². The maximum Gasteiger partial charge on any atom is 0.252 e. The largest absolute Gasteiger partial charge is 0.497 e. The molecule has 0 atom stereocenters. The predicted molar refractivity (Wildman–Crippen MR) is 112 cm³/mol. The standard InChI is InChI=1S/C23H24FN3O2/c1-29-20-9-6-17(7-10-20)12-14-26-23(28)19-8-11-22(27-16-19)25-15-13-18-4-2-3-5-21(18)24/h2-11,16H,12-15H2,1H3,(H,25,27)(H,26,28). The van der Waals surface area contributed by atoms with Gasteiger partial charge in [-0.2, -0.15) is 0 Å². The molecule has 0 saturated heterocycles. The molecular weight excluding hydrogens is 369 g/mol. The third kappa shape index (κ3) is 6.04. The number of aromatic nitrogens is 1. The number of hydrogen-bond acceptors (Lipinski definition) is 4. The second kappa shape index (κ2) is 10.2. The van der Waals surface area contributed by atoms with Gasteiger partial charge < -0.3 is 15.4 Å². The Kier molecular flexibility index (Phi) is 7.16. The minimum atomic E-state index is -0.205. The van der Waals surface area contributed by atoms with Crippen LogP contribution in [0.4, 0.5) is 10.2 Å². The van der Waals surface area contributed by atoms with E-state index in [1.54, 1.807) is 31.4 Å². The van der Waals surface area contributed by atoms with Crippen molar-refractivity contribution in [2.75, 3.05) is 25.5 Å². The second-order valence-electron chi connectivity index (χ2n) is 6.55. The van der Waals surface area contributed by atoms with E-state index in [1.165, 1.54) is 12.3 Å². The first-order chi connectivity index (χ1) is 14.2. The minimum Gasteiger partial charge on any atom is -0.497 e. The summed E-state index contributed by atoms with van der Waals surface area (Å²) in [6.45, 7) is 1.09. The van der Waals surface area contributed by atoms with Gasteiger partial charge in [0.1, 0.15) is 17.4 Å². The maximum absolute atomic E-state index is 13.6. The van der Waals surface area contributed by atoms with E-state index in [0.717, 1.165) is 17.7 Å². The lowest BCUT2D eigenvalue weighted by Crippen LogP contribution is -2.25. The van der Waals surface area contributed by atoms with E-state index in [-0.39, 0.29) is 11.7 Å². The molecule has 0 saturated carbocycles. The maximum atomic E-state index is 13.6. The zero-order valence-corrected chi connectivity index (χ0v) is 16.3. The molecule has 0 aliphatic heterocycles. The van der Waals surface area contributed by atoms with Gasteiger partial charge in [-0.1, -0.05) is 30.3 Å². The van der Waals surface area contributed by atoms with Crippen molar-refractivity contribution in [3.8, 4) is 5.75 Å². The van der Waals surface area contributed by atoms with Crippen LogP contribution in [0.1, 0.15) is 21.5 Å². The Hall–Kier alpha value is -3.41. The van der Waals surface area contributed by atoms with Gasteiger partial charge in [0, 0.05) is 19.3 Å². The topological polar surface area (TPSA) is 63.2 Å². The van der Waals surface area contributed by atoms with Crippen LogP contribution in [-0.4, -0.2) is 31.1 Å². The highest BCUT2D eigenvalue weighted by Crippen LogP contribution is 2.12. The molecule has 1 amide bonds. The molecule has 0 spiro atoms. The minimum absolute atomic E-state index is 0.163. The number of halogens is 1. The average molecular weight is 393 g/mol. The molecule has 29 heavy (non-hydrogen) atoms. The number of benzene rings is 2. The van der Waals surface area contributed by atoms with E-state index in [1.807, 2.05) is 30.3 Å². The van der Waals surface area contributed by atoms with Crippen molar-refractivity contribution >= 4 is 11.7 Å². The van der Waals surface area contributed by atoms with Crippen LogP contribution in [0.3, 0.4) is 0 Å². The van der Waals surface area contributed by atoms with Crippen LogP contribution in [0.25, 0.3) is 0 Å². The van der Waals surface area contributed by atoms with Crippen LogP contribution >= 0.6 is 0 Å². The Morgan fingerprint density at radius 2 is 1.79 bits per heavy atom. The molecule has 6 heteroatoms. The first-order valence-electron chi connectivity index (χ1n) is 9.50. The van der Waals surface area contributed by atoms with Gasteiger partial charge in [0.15, 0.2) is 0 Å². The van der Waals surface area contributed by atoms with Crippen LogP contribution < -0.4 is 15.4 Å². The van der Waals surface area contributed by atoms with Gasteiger partial charge >= 0.3 is 0 Å². The Labute approximate surface area is 169 Å². The fraction of sp³-hybridized carbons (Fsp3) is 0.217.